The van der Waals surface area contributed by atoms with Gasteiger partial charge in [0, 0.05) is 18.4 Å². The Morgan fingerprint density at radius 3 is 2.71 bits per heavy atom. The van der Waals surface area contributed by atoms with E-state index in [2.05, 4.69) is 31.1 Å². The summed E-state index contributed by atoms with van der Waals surface area (Å²) in [6.45, 7) is 8.80. The van der Waals surface area contributed by atoms with Crippen molar-refractivity contribution in [2.45, 2.75) is 34.1 Å². The van der Waals surface area contributed by atoms with Gasteiger partial charge in [-0.15, -0.1) is 0 Å². The van der Waals surface area contributed by atoms with Crippen LogP contribution in [0.25, 0.3) is 0 Å². The number of amides is 1. The van der Waals surface area contributed by atoms with Gasteiger partial charge in [0.25, 0.3) is 5.91 Å². The van der Waals surface area contributed by atoms with Crippen LogP contribution in [0.15, 0.2) is 12.3 Å². The number of nitrogens with one attached hydrogen (secondary N) is 1. The van der Waals surface area contributed by atoms with Gasteiger partial charge in [-0.25, -0.2) is 0 Å². The summed E-state index contributed by atoms with van der Waals surface area (Å²) < 4.78 is 0. The predicted molar refractivity (Wildman–Crippen MR) is 70.4 cm³/mol. The largest absolute Gasteiger partial charge is 0.351 e. The van der Waals surface area contributed by atoms with Gasteiger partial charge in [0.2, 0.25) is 0 Å². The number of hydrogen-bond donors (Lipinski definition) is 1. The molecule has 1 N–H and O–H groups in total. The van der Waals surface area contributed by atoms with Crippen molar-refractivity contribution in [1.29, 1.82) is 0 Å². The van der Waals surface area contributed by atoms with Crippen LogP contribution in [0.1, 0.15) is 43.2 Å². The van der Waals surface area contributed by atoms with Crippen molar-refractivity contribution < 1.29 is 4.79 Å². The Labute approximate surface area is 108 Å². The van der Waals surface area contributed by atoms with Gasteiger partial charge in [-0.2, -0.15) is 0 Å². The van der Waals surface area contributed by atoms with Crippen molar-refractivity contribution in [3.63, 3.8) is 0 Å². The molecule has 0 bridgehead atoms. The number of halogens is 1. The molecule has 0 radical (unpaired) electrons. The summed E-state index contributed by atoms with van der Waals surface area (Å²) in [6, 6.07) is 1.70. The van der Waals surface area contributed by atoms with E-state index in [-0.39, 0.29) is 11.3 Å². The second-order valence-corrected chi connectivity index (χ2v) is 5.41. The van der Waals surface area contributed by atoms with Crippen LogP contribution < -0.4 is 5.32 Å². The highest BCUT2D eigenvalue weighted by Crippen LogP contribution is 2.19. The molecule has 0 aliphatic carbocycles. The molecule has 0 aliphatic heterocycles. The minimum absolute atomic E-state index is 0.0975. The number of hydrogen-bond acceptors (Lipinski definition) is 2. The molecule has 1 aromatic rings. The molecule has 0 unspecified atom stereocenters. The van der Waals surface area contributed by atoms with E-state index >= 15 is 0 Å². The van der Waals surface area contributed by atoms with Crippen LogP contribution >= 0.6 is 11.6 Å². The fourth-order valence-corrected chi connectivity index (χ4v) is 1.53. The van der Waals surface area contributed by atoms with Crippen molar-refractivity contribution in [1.82, 2.24) is 10.3 Å². The summed E-state index contributed by atoms with van der Waals surface area (Å²) in [7, 11) is 0. The number of nitrogens with zero attached hydrogens (tertiary/aromatic N) is 1. The molecule has 4 heteroatoms. The number of rotatable bonds is 4. The minimum atomic E-state index is -0.163. The molecule has 1 aromatic heterocycles. The zero-order chi connectivity index (χ0) is 13.1. The third-order valence-corrected chi connectivity index (χ3v) is 3.23. The van der Waals surface area contributed by atoms with Crippen molar-refractivity contribution in [3.8, 4) is 0 Å². The quantitative estimate of drug-likeness (QED) is 0.897. The SMILES string of the molecule is CCC(C)(C)CNC(=O)c1cnc(C)cc1Cl. The molecule has 0 spiro atoms. The average Bonchev–Trinajstić information content (AvgIpc) is 2.26. The highest BCUT2D eigenvalue weighted by Gasteiger charge is 2.18. The molecule has 0 aromatic carbocycles. The van der Waals surface area contributed by atoms with Crippen molar-refractivity contribution in [3.05, 3.63) is 28.5 Å². The minimum Gasteiger partial charge on any atom is -0.351 e. The maximum absolute atomic E-state index is 11.9. The lowest BCUT2D eigenvalue weighted by molar-refractivity contribution is 0.0935. The lowest BCUT2D eigenvalue weighted by Gasteiger charge is -2.22. The molecular formula is C13H19ClN2O. The lowest BCUT2D eigenvalue weighted by Crippen LogP contribution is -2.33. The number of aryl methyl sites for hydroxylation is 1. The van der Waals surface area contributed by atoms with E-state index in [1.54, 1.807) is 6.07 Å². The molecule has 0 atom stereocenters. The average molecular weight is 255 g/mol. The second-order valence-electron chi connectivity index (χ2n) is 5.01. The molecule has 1 heterocycles. The molecule has 0 saturated heterocycles. The van der Waals surface area contributed by atoms with Gasteiger partial charge in [-0.1, -0.05) is 32.4 Å². The van der Waals surface area contributed by atoms with Crippen LogP contribution in [0, 0.1) is 12.3 Å². The molecule has 94 valence electrons. The van der Waals surface area contributed by atoms with Gasteiger partial charge in [0.15, 0.2) is 0 Å². The van der Waals surface area contributed by atoms with Crippen LogP contribution in [-0.2, 0) is 0 Å². The summed E-state index contributed by atoms with van der Waals surface area (Å²) in [6.07, 6.45) is 2.53. The van der Waals surface area contributed by atoms with E-state index in [0.29, 0.717) is 17.1 Å². The molecule has 0 fully saturated rings. The summed E-state index contributed by atoms with van der Waals surface area (Å²) in [5, 5.41) is 3.34. The van der Waals surface area contributed by atoms with Gasteiger partial charge in [0.05, 0.1) is 10.6 Å². The van der Waals surface area contributed by atoms with Gasteiger partial charge in [-0.05, 0) is 24.8 Å². The number of aromatic nitrogens is 1. The van der Waals surface area contributed by atoms with Gasteiger partial charge >= 0.3 is 0 Å². The molecule has 0 saturated carbocycles. The van der Waals surface area contributed by atoms with E-state index in [0.717, 1.165) is 12.1 Å². The Balaban J connectivity index is 2.71. The fraction of sp³-hybridized carbons (Fsp3) is 0.538. The topological polar surface area (TPSA) is 42.0 Å². The maximum Gasteiger partial charge on any atom is 0.254 e. The van der Waals surface area contributed by atoms with E-state index < -0.39 is 0 Å². The zero-order valence-electron chi connectivity index (χ0n) is 10.8. The second kappa shape index (κ2) is 5.50. The number of carbonyl (C=O) groups excluding carboxylic acids is 1. The predicted octanol–water partition coefficient (Wildman–Crippen LogP) is 3.21. The van der Waals surface area contributed by atoms with Crippen molar-refractivity contribution in [2.75, 3.05) is 6.54 Å². The lowest BCUT2D eigenvalue weighted by atomic mass is 9.90. The Morgan fingerprint density at radius 1 is 1.53 bits per heavy atom. The molecular weight excluding hydrogens is 236 g/mol. The first kappa shape index (κ1) is 14.0. The summed E-state index contributed by atoms with van der Waals surface area (Å²) in [5.74, 6) is -0.163. The fourth-order valence-electron chi connectivity index (χ4n) is 1.23. The highest BCUT2D eigenvalue weighted by atomic mass is 35.5. The first-order valence-corrected chi connectivity index (χ1v) is 6.14. The van der Waals surface area contributed by atoms with Crippen molar-refractivity contribution >= 4 is 17.5 Å². The summed E-state index contributed by atoms with van der Waals surface area (Å²) in [4.78, 5) is 16.0. The van der Waals surface area contributed by atoms with Crippen LogP contribution in [0.3, 0.4) is 0 Å². The molecule has 17 heavy (non-hydrogen) atoms. The third-order valence-electron chi connectivity index (χ3n) is 2.92. The van der Waals surface area contributed by atoms with E-state index in [1.165, 1.54) is 6.20 Å². The highest BCUT2D eigenvalue weighted by molar-refractivity contribution is 6.33. The molecule has 1 amide bonds. The zero-order valence-corrected chi connectivity index (χ0v) is 11.6. The van der Waals surface area contributed by atoms with Crippen LogP contribution in [0.2, 0.25) is 5.02 Å². The summed E-state index contributed by atoms with van der Waals surface area (Å²) >= 11 is 6.01. The number of carbonyl (C=O) groups is 1. The smallest absolute Gasteiger partial charge is 0.254 e. The van der Waals surface area contributed by atoms with Crippen molar-refractivity contribution in [2.24, 2.45) is 5.41 Å². The standard InChI is InChI=1S/C13H19ClN2O/c1-5-13(3,4)8-16-12(17)10-7-15-9(2)6-11(10)14/h6-7H,5,8H2,1-4H3,(H,16,17). The van der Waals surface area contributed by atoms with Gasteiger partial charge in [-0.3, -0.25) is 9.78 Å². The Morgan fingerprint density at radius 2 is 2.18 bits per heavy atom. The van der Waals surface area contributed by atoms with E-state index in [9.17, 15) is 4.79 Å². The first-order chi connectivity index (χ1) is 7.85. The molecule has 1 rings (SSSR count). The monoisotopic (exact) mass is 254 g/mol. The third kappa shape index (κ3) is 4.00. The van der Waals surface area contributed by atoms with Crippen LogP contribution in [-0.4, -0.2) is 17.4 Å². The molecule has 3 nitrogen and oxygen atoms in total. The first-order valence-electron chi connectivity index (χ1n) is 5.76. The molecule has 0 aliphatic rings. The van der Waals surface area contributed by atoms with Crippen LogP contribution in [0.5, 0.6) is 0 Å². The van der Waals surface area contributed by atoms with Gasteiger partial charge in [0.1, 0.15) is 0 Å². The Kier molecular flexibility index (Phi) is 4.52. The van der Waals surface area contributed by atoms with Gasteiger partial charge < -0.3 is 5.32 Å². The summed E-state index contributed by atoms with van der Waals surface area (Å²) in [5.41, 5.74) is 1.34. The van der Waals surface area contributed by atoms with Crippen LogP contribution in [0.4, 0.5) is 0 Å². The Hall–Kier alpha value is -1.09. The van der Waals surface area contributed by atoms with E-state index in [1.807, 2.05) is 6.92 Å². The number of pyridine rings is 1. The van der Waals surface area contributed by atoms with E-state index in [4.69, 9.17) is 11.6 Å². The normalized spacial score (nSPS) is 11.4. The maximum atomic E-state index is 11.9. The Bertz CT molecular complexity index is 416.